The number of aromatic nitrogens is 2. The number of esters is 1. The fraction of sp³-hybridized carbons (Fsp3) is 0.100. The van der Waals surface area contributed by atoms with E-state index < -0.39 is 10.9 Å². The molecule has 0 N–H and O–H groups in total. The Balaban J connectivity index is 1.64. The summed E-state index contributed by atoms with van der Waals surface area (Å²) in [7, 11) is 1.54. The molecule has 3 rings (SSSR count). The fourth-order valence-electron chi connectivity index (χ4n) is 2.36. The first-order valence-electron chi connectivity index (χ1n) is 8.50. The molecule has 0 fully saturated rings. The largest absolute Gasteiger partial charge is 0.497 e. The number of rotatable bonds is 7. The molecule has 10 nitrogen and oxygen atoms in total. The lowest BCUT2D eigenvalue weighted by molar-refractivity contribution is -0.384. The van der Waals surface area contributed by atoms with E-state index in [9.17, 15) is 20.2 Å². The number of ether oxygens (including phenoxy) is 2. The zero-order chi connectivity index (χ0) is 21.5. The molecule has 0 aliphatic rings. The van der Waals surface area contributed by atoms with Crippen LogP contribution in [0.25, 0.3) is 17.5 Å². The maximum absolute atomic E-state index is 12.2. The summed E-state index contributed by atoms with van der Waals surface area (Å²) in [6, 6.07) is 14.1. The van der Waals surface area contributed by atoms with Gasteiger partial charge in [0.15, 0.2) is 6.61 Å². The number of carbonyl (C=O) groups excluding carboxylic acids is 1. The van der Waals surface area contributed by atoms with Gasteiger partial charge >= 0.3 is 5.97 Å². The van der Waals surface area contributed by atoms with Crippen molar-refractivity contribution in [2.24, 2.45) is 0 Å². The van der Waals surface area contributed by atoms with Crippen molar-refractivity contribution in [2.45, 2.75) is 6.61 Å². The number of nitro benzene ring substituents is 1. The molecule has 150 valence electrons. The summed E-state index contributed by atoms with van der Waals surface area (Å²) in [6.07, 6.45) is 1.39. The van der Waals surface area contributed by atoms with Gasteiger partial charge in [-0.2, -0.15) is 5.26 Å². The maximum Gasteiger partial charge on any atom is 0.349 e. The first kappa shape index (κ1) is 20.2. The fourth-order valence-corrected chi connectivity index (χ4v) is 2.36. The van der Waals surface area contributed by atoms with Gasteiger partial charge in [0.1, 0.15) is 17.4 Å². The van der Waals surface area contributed by atoms with Crippen LogP contribution < -0.4 is 4.74 Å². The molecule has 0 amide bonds. The van der Waals surface area contributed by atoms with E-state index >= 15 is 0 Å². The molecule has 0 saturated carbocycles. The van der Waals surface area contributed by atoms with Crippen molar-refractivity contribution in [3.63, 3.8) is 0 Å². The molecule has 0 bridgehead atoms. The van der Waals surface area contributed by atoms with Gasteiger partial charge in [-0.25, -0.2) is 4.79 Å². The molecular formula is C20H14N4O6. The Hall–Kier alpha value is -4.52. The first-order chi connectivity index (χ1) is 14.5. The zero-order valence-electron chi connectivity index (χ0n) is 15.6. The second-order valence-corrected chi connectivity index (χ2v) is 5.82. The third kappa shape index (κ3) is 4.85. The Morgan fingerprint density at radius 1 is 1.20 bits per heavy atom. The average Bonchev–Trinajstić information content (AvgIpc) is 3.25. The highest BCUT2D eigenvalue weighted by Gasteiger charge is 2.15. The molecule has 1 aromatic heterocycles. The predicted molar refractivity (Wildman–Crippen MR) is 103 cm³/mol. The SMILES string of the molecule is COc1ccc(/C=C(\C#N)C(=O)OCc2nnc(-c3ccc([N+](=O)[O-])cc3)o2)cc1. The number of non-ortho nitro benzene ring substituents is 1. The van der Waals surface area contributed by atoms with Crippen molar-refractivity contribution in [1.29, 1.82) is 5.26 Å². The molecule has 0 aliphatic carbocycles. The van der Waals surface area contributed by atoms with Crippen LogP contribution in [0.1, 0.15) is 11.5 Å². The van der Waals surface area contributed by atoms with E-state index in [1.807, 2.05) is 0 Å². The normalized spacial score (nSPS) is 10.9. The molecular weight excluding hydrogens is 392 g/mol. The highest BCUT2D eigenvalue weighted by Crippen LogP contribution is 2.21. The number of benzene rings is 2. The highest BCUT2D eigenvalue weighted by molar-refractivity contribution is 5.97. The van der Waals surface area contributed by atoms with Gasteiger partial charge in [-0.1, -0.05) is 12.1 Å². The van der Waals surface area contributed by atoms with Gasteiger partial charge in [-0.05, 0) is 35.9 Å². The number of nitro groups is 1. The standard InChI is InChI=1S/C20H14N4O6/c1-28-17-8-2-13(3-9-17)10-15(11-21)20(25)29-12-18-22-23-19(30-18)14-4-6-16(7-5-14)24(26)27/h2-10H,12H2,1H3/b15-10+. The van der Waals surface area contributed by atoms with E-state index in [-0.39, 0.29) is 29.6 Å². The van der Waals surface area contributed by atoms with Gasteiger partial charge in [0.05, 0.1) is 12.0 Å². The van der Waals surface area contributed by atoms with E-state index in [0.717, 1.165) is 0 Å². The quantitative estimate of drug-likeness (QED) is 0.190. The second kappa shape index (κ2) is 9.11. The van der Waals surface area contributed by atoms with Crippen molar-refractivity contribution < 1.29 is 23.6 Å². The Morgan fingerprint density at radius 2 is 1.90 bits per heavy atom. The Kier molecular flexibility index (Phi) is 6.14. The van der Waals surface area contributed by atoms with Gasteiger partial charge in [-0.15, -0.1) is 10.2 Å². The Morgan fingerprint density at radius 3 is 2.50 bits per heavy atom. The molecule has 0 atom stereocenters. The highest BCUT2D eigenvalue weighted by atomic mass is 16.6. The van der Waals surface area contributed by atoms with Crippen LogP contribution in [0.3, 0.4) is 0 Å². The molecule has 0 aliphatic heterocycles. The van der Waals surface area contributed by atoms with Crippen LogP contribution >= 0.6 is 0 Å². The van der Waals surface area contributed by atoms with Crippen molar-refractivity contribution in [1.82, 2.24) is 10.2 Å². The third-order valence-electron chi connectivity index (χ3n) is 3.89. The lowest BCUT2D eigenvalue weighted by atomic mass is 10.1. The minimum absolute atomic E-state index is 0.0124. The van der Waals surface area contributed by atoms with Gasteiger partial charge in [0.2, 0.25) is 5.89 Å². The van der Waals surface area contributed by atoms with Gasteiger partial charge < -0.3 is 13.9 Å². The number of methoxy groups -OCH3 is 1. The van der Waals surface area contributed by atoms with Crippen LogP contribution in [0.2, 0.25) is 0 Å². The summed E-state index contributed by atoms with van der Waals surface area (Å²) >= 11 is 0. The zero-order valence-corrected chi connectivity index (χ0v) is 15.6. The van der Waals surface area contributed by atoms with E-state index in [2.05, 4.69) is 10.2 Å². The summed E-state index contributed by atoms with van der Waals surface area (Å²) in [4.78, 5) is 22.3. The first-order valence-corrected chi connectivity index (χ1v) is 8.50. The second-order valence-electron chi connectivity index (χ2n) is 5.82. The van der Waals surface area contributed by atoms with Crippen LogP contribution in [0.5, 0.6) is 5.75 Å². The Labute approximate surface area is 170 Å². The van der Waals surface area contributed by atoms with Gasteiger partial charge in [0, 0.05) is 17.7 Å². The van der Waals surface area contributed by atoms with E-state index in [1.165, 1.54) is 37.5 Å². The number of hydrogen-bond acceptors (Lipinski definition) is 9. The number of carbonyl (C=O) groups is 1. The molecule has 0 unspecified atom stereocenters. The van der Waals surface area contributed by atoms with Crippen molar-refractivity contribution >= 4 is 17.7 Å². The molecule has 10 heteroatoms. The summed E-state index contributed by atoms with van der Waals surface area (Å²) in [5.41, 5.74) is 0.834. The van der Waals surface area contributed by atoms with Crippen molar-refractivity contribution in [2.75, 3.05) is 7.11 Å². The van der Waals surface area contributed by atoms with Crippen molar-refractivity contribution in [3.05, 3.63) is 75.7 Å². The smallest absolute Gasteiger partial charge is 0.349 e. The van der Waals surface area contributed by atoms with E-state index in [1.54, 1.807) is 30.3 Å². The van der Waals surface area contributed by atoms with E-state index in [0.29, 0.717) is 16.9 Å². The number of hydrogen-bond donors (Lipinski definition) is 0. The summed E-state index contributed by atoms with van der Waals surface area (Å²) in [6.45, 7) is -0.333. The van der Waals surface area contributed by atoms with Crippen LogP contribution in [-0.4, -0.2) is 28.2 Å². The number of nitriles is 1. The maximum atomic E-state index is 12.2. The topological polar surface area (TPSA) is 141 Å². The minimum Gasteiger partial charge on any atom is -0.497 e. The lowest BCUT2D eigenvalue weighted by Crippen LogP contribution is -2.07. The van der Waals surface area contributed by atoms with Gasteiger partial charge in [-0.3, -0.25) is 10.1 Å². The molecule has 2 aromatic carbocycles. The molecule has 1 heterocycles. The number of nitrogens with zero attached hydrogens (tertiary/aromatic N) is 4. The average molecular weight is 406 g/mol. The van der Waals surface area contributed by atoms with Crippen LogP contribution in [0.15, 0.2) is 58.5 Å². The molecule has 3 aromatic rings. The summed E-state index contributed by atoms with van der Waals surface area (Å²) in [5, 5.41) is 27.5. The monoisotopic (exact) mass is 406 g/mol. The molecule has 0 saturated heterocycles. The van der Waals surface area contributed by atoms with Crippen molar-refractivity contribution in [3.8, 4) is 23.3 Å². The summed E-state index contributed by atoms with van der Waals surface area (Å²) < 4.78 is 15.5. The molecule has 0 radical (unpaired) electrons. The van der Waals surface area contributed by atoms with E-state index in [4.69, 9.17) is 13.9 Å². The minimum atomic E-state index is -0.844. The summed E-state index contributed by atoms with van der Waals surface area (Å²) in [5.74, 6) is -0.0690. The lowest BCUT2D eigenvalue weighted by Gasteiger charge is -2.02. The predicted octanol–water partition coefficient (Wildman–Crippen LogP) is 3.30. The third-order valence-corrected chi connectivity index (χ3v) is 3.89. The Bertz CT molecular complexity index is 1130. The van der Waals surface area contributed by atoms with Crippen LogP contribution in [0.4, 0.5) is 5.69 Å². The van der Waals surface area contributed by atoms with Crippen LogP contribution in [-0.2, 0) is 16.1 Å². The van der Waals surface area contributed by atoms with Crippen LogP contribution in [0, 0.1) is 21.4 Å². The molecule has 0 spiro atoms. The van der Waals surface area contributed by atoms with Gasteiger partial charge in [0.25, 0.3) is 11.6 Å². The molecule has 30 heavy (non-hydrogen) atoms.